The van der Waals surface area contributed by atoms with Crippen molar-refractivity contribution in [3.8, 4) is 0 Å². The normalized spacial score (nSPS) is 15.9. The summed E-state index contributed by atoms with van der Waals surface area (Å²) in [7, 11) is 3.55. The summed E-state index contributed by atoms with van der Waals surface area (Å²) in [6.45, 7) is 4.75. The van der Waals surface area contributed by atoms with Gasteiger partial charge in [-0.05, 0) is 43.4 Å². The maximum atomic E-state index is 12.0. The van der Waals surface area contributed by atoms with Gasteiger partial charge in [0, 0.05) is 45.1 Å². The summed E-state index contributed by atoms with van der Waals surface area (Å²) in [5, 5.41) is 3.49. The van der Waals surface area contributed by atoms with E-state index in [4.69, 9.17) is 4.74 Å². The highest BCUT2D eigenvalue weighted by molar-refractivity contribution is 5.95. The SMILES string of the molecule is Cc1ccc(C(=O)N(C)C)cc1NCC1CCOCC1. The van der Waals surface area contributed by atoms with E-state index in [1.54, 1.807) is 19.0 Å². The number of rotatable bonds is 4. The molecule has 0 saturated carbocycles. The Morgan fingerprint density at radius 1 is 1.35 bits per heavy atom. The van der Waals surface area contributed by atoms with Gasteiger partial charge in [0.15, 0.2) is 0 Å². The van der Waals surface area contributed by atoms with Crippen LogP contribution < -0.4 is 5.32 Å². The van der Waals surface area contributed by atoms with E-state index >= 15 is 0 Å². The summed E-state index contributed by atoms with van der Waals surface area (Å²) in [5.41, 5.74) is 2.96. The number of benzene rings is 1. The van der Waals surface area contributed by atoms with Crippen molar-refractivity contribution in [2.75, 3.05) is 39.2 Å². The predicted molar refractivity (Wildman–Crippen MR) is 81.2 cm³/mol. The quantitative estimate of drug-likeness (QED) is 0.919. The number of anilines is 1. The fraction of sp³-hybridized carbons (Fsp3) is 0.562. The Bertz CT molecular complexity index is 466. The first-order valence-electron chi connectivity index (χ1n) is 7.22. The van der Waals surface area contributed by atoms with E-state index in [1.807, 2.05) is 18.2 Å². The van der Waals surface area contributed by atoms with E-state index < -0.39 is 0 Å². The lowest BCUT2D eigenvalue weighted by Crippen LogP contribution is -2.24. The highest BCUT2D eigenvalue weighted by Crippen LogP contribution is 2.20. The number of carbonyl (C=O) groups is 1. The Morgan fingerprint density at radius 2 is 2.05 bits per heavy atom. The minimum Gasteiger partial charge on any atom is -0.385 e. The van der Waals surface area contributed by atoms with Crippen LogP contribution in [0.1, 0.15) is 28.8 Å². The first-order chi connectivity index (χ1) is 9.58. The number of carbonyl (C=O) groups excluding carboxylic acids is 1. The summed E-state index contributed by atoms with van der Waals surface area (Å²) >= 11 is 0. The van der Waals surface area contributed by atoms with Gasteiger partial charge in [0.1, 0.15) is 0 Å². The zero-order valence-corrected chi connectivity index (χ0v) is 12.6. The lowest BCUT2D eigenvalue weighted by atomic mass is 10.00. The third-order valence-electron chi connectivity index (χ3n) is 3.81. The van der Waals surface area contributed by atoms with Gasteiger partial charge in [-0.1, -0.05) is 6.07 Å². The van der Waals surface area contributed by atoms with Crippen molar-refractivity contribution in [1.82, 2.24) is 4.90 Å². The predicted octanol–water partition coefficient (Wildman–Crippen LogP) is 2.54. The smallest absolute Gasteiger partial charge is 0.253 e. The van der Waals surface area contributed by atoms with Crippen LogP contribution in [0.15, 0.2) is 18.2 Å². The monoisotopic (exact) mass is 276 g/mol. The molecule has 1 heterocycles. The van der Waals surface area contributed by atoms with E-state index in [2.05, 4.69) is 12.2 Å². The van der Waals surface area contributed by atoms with Gasteiger partial charge >= 0.3 is 0 Å². The summed E-state index contributed by atoms with van der Waals surface area (Å²) in [4.78, 5) is 13.6. The second-order valence-corrected chi connectivity index (χ2v) is 5.67. The number of hydrogen-bond donors (Lipinski definition) is 1. The molecule has 1 aliphatic rings. The molecule has 1 saturated heterocycles. The molecule has 0 spiro atoms. The summed E-state index contributed by atoms with van der Waals surface area (Å²) < 4.78 is 5.37. The van der Waals surface area contributed by atoms with Crippen LogP contribution in [0.25, 0.3) is 0 Å². The van der Waals surface area contributed by atoms with Crippen molar-refractivity contribution in [3.05, 3.63) is 29.3 Å². The minimum absolute atomic E-state index is 0.0408. The van der Waals surface area contributed by atoms with Gasteiger partial charge in [-0.15, -0.1) is 0 Å². The molecular formula is C16H24N2O2. The van der Waals surface area contributed by atoms with Gasteiger partial charge in [-0.25, -0.2) is 0 Å². The van der Waals surface area contributed by atoms with E-state index in [-0.39, 0.29) is 5.91 Å². The Balaban J connectivity index is 2.02. The lowest BCUT2D eigenvalue weighted by Gasteiger charge is -2.23. The molecule has 110 valence electrons. The van der Waals surface area contributed by atoms with Gasteiger partial charge in [-0.3, -0.25) is 4.79 Å². The van der Waals surface area contributed by atoms with Crippen molar-refractivity contribution in [3.63, 3.8) is 0 Å². The second kappa shape index (κ2) is 6.75. The van der Waals surface area contributed by atoms with Crippen LogP contribution >= 0.6 is 0 Å². The molecule has 1 N–H and O–H groups in total. The highest BCUT2D eigenvalue weighted by Gasteiger charge is 2.14. The summed E-state index contributed by atoms with van der Waals surface area (Å²) in [5.74, 6) is 0.704. The first-order valence-corrected chi connectivity index (χ1v) is 7.22. The molecular weight excluding hydrogens is 252 g/mol. The number of ether oxygens (including phenoxy) is 1. The van der Waals surface area contributed by atoms with Crippen molar-refractivity contribution in [2.45, 2.75) is 19.8 Å². The fourth-order valence-corrected chi connectivity index (χ4v) is 2.41. The number of nitrogens with one attached hydrogen (secondary N) is 1. The fourth-order valence-electron chi connectivity index (χ4n) is 2.41. The van der Waals surface area contributed by atoms with Crippen molar-refractivity contribution >= 4 is 11.6 Å². The maximum absolute atomic E-state index is 12.0. The van der Waals surface area contributed by atoms with E-state index in [0.29, 0.717) is 5.92 Å². The average Bonchev–Trinajstić information content (AvgIpc) is 2.46. The van der Waals surface area contributed by atoms with Gasteiger partial charge < -0.3 is 15.0 Å². The molecule has 1 aromatic carbocycles. The molecule has 1 amide bonds. The summed E-state index contributed by atoms with van der Waals surface area (Å²) in [6, 6.07) is 5.84. The molecule has 0 bridgehead atoms. The van der Waals surface area contributed by atoms with Gasteiger partial charge in [0.05, 0.1) is 0 Å². The van der Waals surface area contributed by atoms with Crippen LogP contribution in [-0.2, 0) is 4.74 Å². The molecule has 0 aromatic heterocycles. The van der Waals surface area contributed by atoms with Crippen molar-refractivity contribution in [2.24, 2.45) is 5.92 Å². The largest absolute Gasteiger partial charge is 0.385 e. The molecule has 2 rings (SSSR count). The van der Waals surface area contributed by atoms with Gasteiger partial charge in [0.2, 0.25) is 0 Å². The Labute approximate surface area is 121 Å². The first kappa shape index (κ1) is 14.9. The highest BCUT2D eigenvalue weighted by atomic mass is 16.5. The second-order valence-electron chi connectivity index (χ2n) is 5.67. The molecule has 4 heteroatoms. The topological polar surface area (TPSA) is 41.6 Å². The van der Waals surface area contributed by atoms with Crippen LogP contribution in [0.5, 0.6) is 0 Å². The molecule has 4 nitrogen and oxygen atoms in total. The summed E-state index contributed by atoms with van der Waals surface area (Å²) in [6.07, 6.45) is 2.23. The number of nitrogens with zero attached hydrogens (tertiary/aromatic N) is 1. The lowest BCUT2D eigenvalue weighted by molar-refractivity contribution is 0.0699. The van der Waals surface area contributed by atoms with Crippen LogP contribution in [-0.4, -0.2) is 44.7 Å². The molecule has 0 radical (unpaired) electrons. The Morgan fingerprint density at radius 3 is 2.70 bits per heavy atom. The number of amides is 1. The van der Waals surface area contributed by atoms with E-state index in [9.17, 15) is 4.79 Å². The zero-order chi connectivity index (χ0) is 14.5. The molecule has 1 fully saturated rings. The third kappa shape index (κ3) is 3.73. The van der Waals surface area contributed by atoms with Crippen LogP contribution in [0.4, 0.5) is 5.69 Å². The van der Waals surface area contributed by atoms with Crippen LogP contribution in [0, 0.1) is 12.8 Å². The molecule has 1 aromatic rings. The molecule has 0 unspecified atom stereocenters. The van der Waals surface area contributed by atoms with E-state index in [0.717, 1.165) is 43.9 Å². The standard InChI is InChI=1S/C16H24N2O2/c1-12-4-5-14(16(19)18(2)3)10-15(12)17-11-13-6-8-20-9-7-13/h4-5,10,13,17H,6-9,11H2,1-3H3. The van der Waals surface area contributed by atoms with Crippen LogP contribution in [0.2, 0.25) is 0 Å². The van der Waals surface area contributed by atoms with E-state index in [1.165, 1.54) is 5.56 Å². The number of hydrogen-bond acceptors (Lipinski definition) is 3. The zero-order valence-electron chi connectivity index (χ0n) is 12.6. The molecule has 0 aliphatic carbocycles. The van der Waals surface area contributed by atoms with Crippen molar-refractivity contribution in [1.29, 1.82) is 0 Å². The Hall–Kier alpha value is -1.55. The Kier molecular flexibility index (Phi) is 5.01. The third-order valence-corrected chi connectivity index (χ3v) is 3.81. The van der Waals surface area contributed by atoms with Crippen molar-refractivity contribution < 1.29 is 9.53 Å². The molecule has 1 aliphatic heterocycles. The average molecular weight is 276 g/mol. The van der Waals surface area contributed by atoms with Gasteiger partial charge in [-0.2, -0.15) is 0 Å². The van der Waals surface area contributed by atoms with Crippen LogP contribution in [0.3, 0.4) is 0 Å². The number of aryl methyl sites for hydroxylation is 1. The van der Waals surface area contributed by atoms with Gasteiger partial charge in [0.25, 0.3) is 5.91 Å². The molecule has 0 atom stereocenters. The maximum Gasteiger partial charge on any atom is 0.253 e. The minimum atomic E-state index is 0.0408. The molecule has 20 heavy (non-hydrogen) atoms.